The Morgan fingerprint density at radius 3 is 1.48 bits per heavy atom. The second-order valence-electron chi connectivity index (χ2n) is 11.0. The molecule has 0 atom stereocenters. The Morgan fingerprint density at radius 1 is 0.537 bits per heavy atom. The zero-order valence-corrected chi connectivity index (χ0v) is 37.9. The highest BCUT2D eigenvalue weighted by Gasteiger charge is 1.76. The molecule has 12 rings (SSSR count). The van der Waals surface area contributed by atoms with E-state index in [0.29, 0.717) is 0 Å². The van der Waals surface area contributed by atoms with E-state index in [0.717, 1.165) is 19.4 Å². The predicted octanol–water partition coefficient (Wildman–Crippen LogP) is 9.76. The smallest absolute Gasteiger partial charge is 0.335 e. The number of aromatic amines is 2. The third-order valence-corrected chi connectivity index (χ3v) is 7.09. The molecular weight excluding hydrogens is 887 g/mol. The van der Waals surface area contributed by atoms with E-state index >= 15 is 0 Å². The number of aromatic nitrogens is 8. The molecule has 0 unspecified atom stereocenters. The molecule has 0 fully saturated rings. The zero-order chi connectivity index (χ0) is 47.7. The molecule has 0 saturated heterocycles. The summed E-state index contributed by atoms with van der Waals surface area (Å²) in [6.45, 7) is 0.778. The summed E-state index contributed by atoms with van der Waals surface area (Å²) in [5.41, 5.74) is 1.44. The SMILES string of the molecule is C1=CN=CC1.C1=NC=NC1.C1=NN=CC1.O=c1cccc[nH]1.O=c1cccco1.c1ccccc1.c1ccncc1.c1ccsc1.c1cn[nH]c1.c1cncnc1.c1cnoc1.c1cscn1. The first-order valence-electron chi connectivity index (χ1n) is 19.8. The van der Waals surface area contributed by atoms with Gasteiger partial charge in [0.15, 0.2) is 0 Å². The van der Waals surface area contributed by atoms with E-state index in [-0.39, 0.29) is 11.2 Å². The Balaban J connectivity index is 0.000000366. The molecule has 0 radical (unpaired) electrons. The molecule has 3 aliphatic heterocycles. The zero-order valence-electron chi connectivity index (χ0n) is 36.3. The average Bonchev–Trinajstić information content (AvgIpc) is 4.26. The molecule has 344 valence electrons. The van der Waals surface area contributed by atoms with Crippen LogP contribution in [0.1, 0.15) is 12.8 Å². The summed E-state index contributed by atoms with van der Waals surface area (Å²) in [4.78, 5) is 48.8. The fourth-order valence-electron chi connectivity index (χ4n) is 3.22. The van der Waals surface area contributed by atoms with Crippen LogP contribution in [0.15, 0.2) is 274 Å². The Morgan fingerprint density at radius 2 is 1.27 bits per heavy atom. The molecule has 1 aromatic carbocycles. The summed E-state index contributed by atoms with van der Waals surface area (Å²) in [5.74, 6) is 0. The van der Waals surface area contributed by atoms with Crippen LogP contribution >= 0.6 is 22.7 Å². The van der Waals surface area contributed by atoms with E-state index in [4.69, 9.17) is 0 Å². The molecule has 0 spiro atoms. The van der Waals surface area contributed by atoms with Gasteiger partial charge in [-0.15, -0.1) is 11.3 Å². The van der Waals surface area contributed by atoms with Crippen LogP contribution in [0.4, 0.5) is 0 Å². The number of thiophene rings is 1. The van der Waals surface area contributed by atoms with Crippen molar-refractivity contribution in [3.05, 3.63) is 251 Å². The molecule has 2 N–H and O–H groups in total. The lowest BCUT2D eigenvalue weighted by Gasteiger charge is -1.73. The van der Waals surface area contributed by atoms with E-state index in [1.807, 2.05) is 101 Å². The summed E-state index contributed by atoms with van der Waals surface area (Å²) in [5, 5.41) is 22.6. The molecule has 67 heavy (non-hydrogen) atoms. The molecule has 11 heterocycles. The average molecular weight is 938 g/mol. The van der Waals surface area contributed by atoms with Gasteiger partial charge in [0.25, 0.3) is 0 Å². The number of nitrogens with one attached hydrogen (secondary N) is 2. The number of aliphatic imine (C=N–C) groups is 3. The van der Waals surface area contributed by atoms with Gasteiger partial charge in [-0.05, 0) is 53.2 Å². The topological polar surface area (TPSA) is 231 Å². The Labute approximate surface area is 396 Å². The van der Waals surface area contributed by atoms with Crippen molar-refractivity contribution < 1.29 is 8.94 Å². The standard InChI is InChI=1S/C6H6.C5H5NO.C5H5N.C5H4O2.C4H4N2.C4H5N.C4H4S.3C3H4N2.C3H3NO.C3H3NS/c1-2-4-6-5-3-1;7-5-3-1-2-4-6-5;1-2-4-6-5-3-1;6-5-3-1-2-4-7-5;1-2-5-4-6-3-1;2*1-2-4-5-3-1;1-2-5-3-4-1;3*1-2-4-5-3-1;1-2-5-3-4-1/h1-6H;1-4H,(H,6,7);1-5H;1-4H;1-4H;1,3-4H,2H2;1-4H;1,3H,2H2;2-3H,1H2;1-3H,(H,4,5);2*1-3H. The maximum absolute atomic E-state index is 10.2. The van der Waals surface area contributed by atoms with E-state index < -0.39 is 0 Å². The van der Waals surface area contributed by atoms with Crippen LogP contribution in [0.3, 0.4) is 0 Å². The fraction of sp³-hybridized carbons (Fsp3) is 0.0625. The van der Waals surface area contributed by atoms with Crippen LogP contribution in [-0.4, -0.2) is 78.0 Å². The minimum absolute atomic E-state index is 0.0532. The summed E-state index contributed by atoms with van der Waals surface area (Å²) < 4.78 is 8.70. The summed E-state index contributed by atoms with van der Waals surface area (Å²) in [7, 11) is 0. The van der Waals surface area contributed by atoms with Crippen LogP contribution in [-0.2, 0) is 0 Å². The number of allylic oxidation sites excluding steroid dienone is 1. The normalized spacial score (nSPS) is 10.3. The maximum Gasteiger partial charge on any atom is 0.335 e. The number of hydrogen-bond acceptors (Lipinski definition) is 17. The van der Waals surface area contributed by atoms with Crippen LogP contribution in [0, 0.1) is 0 Å². The molecule has 19 heteroatoms. The van der Waals surface area contributed by atoms with Crippen molar-refractivity contribution >= 4 is 53.9 Å². The lowest BCUT2D eigenvalue weighted by molar-refractivity contribution is 0.420. The Bertz CT molecular complexity index is 2010. The van der Waals surface area contributed by atoms with E-state index in [1.165, 1.54) is 31.0 Å². The fourth-order valence-corrected chi connectivity index (χ4v) is 4.03. The third kappa shape index (κ3) is 48.1. The first kappa shape index (κ1) is 56.2. The van der Waals surface area contributed by atoms with Gasteiger partial charge in [-0.2, -0.15) is 26.6 Å². The van der Waals surface area contributed by atoms with Crippen LogP contribution in [0.25, 0.3) is 0 Å². The molecule has 0 aliphatic carbocycles. The lowest BCUT2D eigenvalue weighted by atomic mass is 10.4. The number of thiazole rings is 1. The summed E-state index contributed by atoms with van der Waals surface area (Å²) in [6.07, 6.45) is 34.1. The number of rotatable bonds is 0. The molecule has 17 nitrogen and oxygen atoms in total. The minimum Gasteiger partial charge on any atom is -0.431 e. The van der Waals surface area contributed by atoms with Gasteiger partial charge in [-0.3, -0.25) is 29.8 Å². The van der Waals surface area contributed by atoms with Gasteiger partial charge in [-0.1, -0.05) is 78.0 Å². The van der Waals surface area contributed by atoms with Crippen LogP contribution < -0.4 is 11.2 Å². The number of hydrogen-bond donors (Lipinski definition) is 2. The molecule has 0 bridgehead atoms. The van der Waals surface area contributed by atoms with Gasteiger partial charge in [0.1, 0.15) is 18.9 Å². The van der Waals surface area contributed by atoms with Crippen molar-refractivity contribution in [1.29, 1.82) is 0 Å². The third-order valence-electron chi connectivity index (χ3n) is 5.94. The maximum atomic E-state index is 10.2. The number of nitrogens with zero attached hydrogens (tertiary/aromatic N) is 11. The monoisotopic (exact) mass is 937 g/mol. The summed E-state index contributed by atoms with van der Waals surface area (Å²) in [6, 6.07) is 36.7. The van der Waals surface area contributed by atoms with Crippen molar-refractivity contribution in [2.75, 3.05) is 6.54 Å². The first-order valence-corrected chi connectivity index (χ1v) is 21.7. The highest BCUT2D eigenvalue weighted by atomic mass is 32.1. The van der Waals surface area contributed by atoms with Crippen molar-refractivity contribution in [2.24, 2.45) is 25.2 Å². The second-order valence-corrected chi connectivity index (χ2v) is 12.5. The second kappa shape index (κ2) is 49.8. The van der Waals surface area contributed by atoms with Crippen molar-refractivity contribution in [3.63, 3.8) is 0 Å². The molecular formula is C48H51N13O4S2. The molecule has 3 aliphatic rings. The molecule has 0 amide bonds. The van der Waals surface area contributed by atoms with E-state index in [9.17, 15) is 9.59 Å². The molecule has 9 aromatic rings. The van der Waals surface area contributed by atoms with Crippen molar-refractivity contribution in [1.82, 2.24) is 40.3 Å². The van der Waals surface area contributed by atoms with E-state index in [1.54, 1.807) is 152 Å². The highest BCUT2D eigenvalue weighted by molar-refractivity contribution is 7.07. The Hall–Kier alpha value is -8.81. The van der Waals surface area contributed by atoms with Gasteiger partial charge in [0.2, 0.25) is 5.56 Å². The number of pyridine rings is 2. The van der Waals surface area contributed by atoms with Gasteiger partial charge in [0.05, 0.1) is 24.5 Å². The number of benzene rings is 1. The van der Waals surface area contributed by atoms with Crippen molar-refractivity contribution in [3.8, 4) is 0 Å². The van der Waals surface area contributed by atoms with Crippen LogP contribution in [0.2, 0.25) is 0 Å². The highest BCUT2D eigenvalue weighted by Crippen LogP contribution is 1.91. The number of H-pyrrole nitrogens is 2. The van der Waals surface area contributed by atoms with Gasteiger partial charge in [-0.25, -0.2) is 19.8 Å². The van der Waals surface area contributed by atoms with Crippen LogP contribution in [0.5, 0.6) is 0 Å². The quantitative estimate of drug-likeness (QED) is 0.146. The first-order chi connectivity index (χ1) is 33.3. The van der Waals surface area contributed by atoms with Gasteiger partial charge in [0, 0.05) is 111 Å². The molecule has 8 aromatic heterocycles. The molecule has 0 saturated carbocycles. The minimum atomic E-state index is -0.303. The largest absolute Gasteiger partial charge is 0.431 e. The predicted molar refractivity (Wildman–Crippen MR) is 272 cm³/mol. The Kier molecular flexibility index (Phi) is 41.8. The van der Waals surface area contributed by atoms with Crippen molar-refractivity contribution in [2.45, 2.75) is 12.8 Å². The lowest BCUT2D eigenvalue weighted by Crippen LogP contribution is -1.98. The van der Waals surface area contributed by atoms with Gasteiger partial charge >= 0.3 is 5.63 Å². The van der Waals surface area contributed by atoms with E-state index in [2.05, 4.69) is 74.4 Å². The van der Waals surface area contributed by atoms with Gasteiger partial charge < -0.3 is 13.9 Å². The summed E-state index contributed by atoms with van der Waals surface area (Å²) >= 11 is 3.31.